The van der Waals surface area contributed by atoms with Gasteiger partial charge in [-0.3, -0.25) is 9.59 Å². The van der Waals surface area contributed by atoms with Crippen molar-refractivity contribution in [3.63, 3.8) is 0 Å². The van der Waals surface area contributed by atoms with Crippen LogP contribution in [0.3, 0.4) is 0 Å². The van der Waals surface area contributed by atoms with Crippen molar-refractivity contribution in [2.75, 3.05) is 7.05 Å². The molecule has 4 rings (SSSR count). The van der Waals surface area contributed by atoms with E-state index in [0.717, 1.165) is 11.1 Å². The first-order valence-electron chi connectivity index (χ1n) is 12.1. The molecule has 3 aromatic carbocycles. The number of fused-ring (bicyclic) bond motifs is 1. The fourth-order valence-electron chi connectivity index (χ4n) is 4.34. The van der Waals surface area contributed by atoms with Gasteiger partial charge in [0.1, 0.15) is 11.8 Å². The summed E-state index contributed by atoms with van der Waals surface area (Å²) in [6, 6.07) is 26.1. The van der Waals surface area contributed by atoms with E-state index >= 15 is 0 Å². The summed E-state index contributed by atoms with van der Waals surface area (Å²) in [5, 5.41) is 3.23. The minimum Gasteiger partial charge on any atom is -0.490 e. The Bertz CT molecular complexity index is 1160. The normalized spacial score (nSPS) is 22.3. The molecular weight excluding hydrogens is 436 g/mol. The third kappa shape index (κ3) is 6.18. The Morgan fingerprint density at radius 1 is 0.857 bits per heavy atom. The summed E-state index contributed by atoms with van der Waals surface area (Å²) in [4.78, 5) is 28.9. The van der Waals surface area contributed by atoms with Crippen LogP contribution in [-0.4, -0.2) is 35.9 Å². The summed E-state index contributed by atoms with van der Waals surface area (Å²) in [6.07, 6.45) is 5.83. The Hall–Kier alpha value is -3.86. The van der Waals surface area contributed by atoms with Crippen molar-refractivity contribution in [1.82, 2.24) is 10.2 Å². The zero-order valence-electron chi connectivity index (χ0n) is 20.3. The molecule has 0 bridgehead atoms. The lowest BCUT2D eigenvalue weighted by Crippen LogP contribution is -2.49. The number of amides is 2. The summed E-state index contributed by atoms with van der Waals surface area (Å²) < 4.78 is 6.15. The Kier molecular flexibility index (Phi) is 7.99. The summed E-state index contributed by atoms with van der Waals surface area (Å²) in [6.45, 7) is 2.00. The minimum absolute atomic E-state index is 0.0988. The smallest absolute Gasteiger partial charge is 0.258 e. The molecule has 0 radical (unpaired) electrons. The molecule has 1 aliphatic rings. The van der Waals surface area contributed by atoms with Crippen molar-refractivity contribution < 1.29 is 14.3 Å². The molecule has 1 N–H and O–H groups in total. The highest BCUT2D eigenvalue weighted by Gasteiger charge is 2.31. The molecule has 0 saturated heterocycles. The van der Waals surface area contributed by atoms with Crippen LogP contribution in [0.5, 0.6) is 5.75 Å². The van der Waals surface area contributed by atoms with Gasteiger partial charge in [0.05, 0.1) is 17.7 Å². The van der Waals surface area contributed by atoms with Gasteiger partial charge in [-0.2, -0.15) is 0 Å². The standard InChI is InChI=1S/C30H32N2O3/c1-22-13-9-11-19-26(24-16-7-4-8-17-24)31-29(33)27(21-23-14-5-3-6-15-23)32(2)30(34)25-18-10-12-20-28(25)35-22/h3-12,14-18,20,22,26-27H,13,19,21H2,1-2H3,(H,31,33)/b11-9-/t22-,26-,27-/m0/s1. The number of benzene rings is 3. The maximum absolute atomic E-state index is 13.7. The van der Waals surface area contributed by atoms with Crippen molar-refractivity contribution in [3.05, 3.63) is 114 Å². The zero-order valence-corrected chi connectivity index (χ0v) is 20.3. The molecule has 1 aliphatic heterocycles. The molecular formula is C30H32N2O3. The molecule has 0 unspecified atom stereocenters. The predicted molar refractivity (Wildman–Crippen MR) is 138 cm³/mol. The van der Waals surface area contributed by atoms with Crippen LogP contribution in [0.25, 0.3) is 0 Å². The molecule has 3 atom stereocenters. The van der Waals surface area contributed by atoms with Crippen molar-refractivity contribution in [1.29, 1.82) is 0 Å². The maximum atomic E-state index is 13.7. The van der Waals surface area contributed by atoms with E-state index in [0.29, 0.717) is 30.6 Å². The first kappa shape index (κ1) is 24.3. The van der Waals surface area contributed by atoms with Gasteiger partial charge in [-0.05, 0) is 36.6 Å². The third-order valence-electron chi connectivity index (χ3n) is 6.33. The summed E-state index contributed by atoms with van der Waals surface area (Å²) in [7, 11) is 1.69. The van der Waals surface area contributed by atoms with Crippen LogP contribution in [-0.2, 0) is 11.2 Å². The molecule has 0 aliphatic carbocycles. The van der Waals surface area contributed by atoms with Crippen LogP contribution in [0, 0.1) is 0 Å². The number of nitrogens with one attached hydrogen (secondary N) is 1. The quantitative estimate of drug-likeness (QED) is 0.528. The number of carbonyl (C=O) groups is 2. The largest absolute Gasteiger partial charge is 0.490 e. The fourth-order valence-corrected chi connectivity index (χ4v) is 4.34. The van der Waals surface area contributed by atoms with Gasteiger partial charge in [0, 0.05) is 19.9 Å². The first-order chi connectivity index (χ1) is 17.0. The Labute approximate surface area is 207 Å². The number of likely N-dealkylation sites (N-methyl/N-ethyl adjacent to an activating group) is 1. The van der Waals surface area contributed by atoms with Gasteiger partial charge in [-0.15, -0.1) is 0 Å². The molecule has 0 spiro atoms. The number of hydrogen-bond donors (Lipinski definition) is 1. The van der Waals surface area contributed by atoms with Gasteiger partial charge < -0.3 is 15.0 Å². The molecule has 180 valence electrons. The van der Waals surface area contributed by atoms with Crippen molar-refractivity contribution in [2.24, 2.45) is 0 Å². The monoisotopic (exact) mass is 468 g/mol. The second kappa shape index (κ2) is 11.5. The van der Waals surface area contributed by atoms with E-state index in [1.165, 1.54) is 0 Å². The maximum Gasteiger partial charge on any atom is 0.258 e. The number of ether oxygens (including phenoxy) is 1. The van der Waals surface area contributed by atoms with Crippen LogP contribution in [0.2, 0.25) is 0 Å². The lowest BCUT2D eigenvalue weighted by Gasteiger charge is -2.30. The summed E-state index contributed by atoms with van der Waals surface area (Å²) >= 11 is 0. The number of carbonyl (C=O) groups excluding carboxylic acids is 2. The van der Waals surface area contributed by atoms with Crippen molar-refractivity contribution >= 4 is 11.8 Å². The lowest BCUT2D eigenvalue weighted by atomic mass is 9.99. The van der Waals surface area contributed by atoms with E-state index in [2.05, 4.69) is 17.5 Å². The topological polar surface area (TPSA) is 58.6 Å². The molecule has 2 amide bonds. The van der Waals surface area contributed by atoms with Crippen LogP contribution < -0.4 is 10.1 Å². The fraction of sp³-hybridized carbons (Fsp3) is 0.267. The zero-order chi connectivity index (χ0) is 24.6. The predicted octanol–water partition coefficient (Wildman–Crippen LogP) is 5.34. The average molecular weight is 469 g/mol. The van der Waals surface area contributed by atoms with Gasteiger partial charge >= 0.3 is 0 Å². The molecule has 1 heterocycles. The number of para-hydroxylation sites is 1. The number of nitrogens with zero attached hydrogens (tertiary/aromatic N) is 1. The molecule has 0 aromatic heterocycles. The molecule has 0 fully saturated rings. The molecule has 35 heavy (non-hydrogen) atoms. The Morgan fingerprint density at radius 2 is 1.49 bits per heavy atom. The number of hydrogen-bond acceptors (Lipinski definition) is 3. The minimum atomic E-state index is -0.687. The summed E-state index contributed by atoms with van der Waals surface area (Å²) in [5.74, 6) is 0.104. The second-order valence-electron chi connectivity index (χ2n) is 8.96. The van der Waals surface area contributed by atoms with Gasteiger partial charge in [0.15, 0.2) is 0 Å². The SMILES string of the molecule is C[C@H]1C/C=C\C[C@@H](c2ccccc2)NC(=O)[C@H](Cc2ccccc2)N(C)C(=O)c2ccccc2O1. The number of rotatable bonds is 3. The van der Waals surface area contributed by atoms with E-state index < -0.39 is 6.04 Å². The average Bonchev–Trinajstić information content (AvgIpc) is 2.89. The van der Waals surface area contributed by atoms with E-state index in [-0.39, 0.29) is 24.0 Å². The van der Waals surface area contributed by atoms with Crippen molar-refractivity contribution in [3.8, 4) is 5.75 Å². The highest BCUT2D eigenvalue weighted by molar-refractivity contribution is 5.99. The second-order valence-corrected chi connectivity index (χ2v) is 8.96. The van der Waals surface area contributed by atoms with Gasteiger partial charge in [-0.1, -0.05) is 84.9 Å². The van der Waals surface area contributed by atoms with Gasteiger partial charge in [-0.25, -0.2) is 0 Å². The van der Waals surface area contributed by atoms with E-state index in [1.54, 1.807) is 18.0 Å². The highest BCUT2D eigenvalue weighted by atomic mass is 16.5. The van der Waals surface area contributed by atoms with E-state index in [4.69, 9.17) is 4.74 Å². The molecule has 0 saturated carbocycles. The lowest BCUT2D eigenvalue weighted by molar-refractivity contribution is -0.126. The van der Waals surface area contributed by atoms with Crippen LogP contribution in [0.1, 0.15) is 47.3 Å². The molecule has 3 aromatic rings. The van der Waals surface area contributed by atoms with E-state index in [9.17, 15) is 9.59 Å². The highest BCUT2D eigenvalue weighted by Crippen LogP contribution is 2.25. The van der Waals surface area contributed by atoms with Gasteiger partial charge in [0.2, 0.25) is 5.91 Å². The van der Waals surface area contributed by atoms with Crippen molar-refractivity contribution in [2.45, 2.75) is 44.4 Å². The molecule has 5 nitrogen and oxygen atoms in total. The van der Waals surface area contributed by atoms with Crippen LogP contribution in [0.15, 0.2) is 97.1 Å². The Balaban J connectivity index is 1.73. The molecule has 5 heteroatoms. The first-order valence-corrected chi connectivity index (χ1v) is 12.1. The Morgan fingerprint density at radius 3 is 2.23 bits per heavy atom. The van der Waals surface area contributed by atoms with E-state index in [1.807, 2.05) is 85.8 Å². The van der Waals surface area contributed by atoms with Crippen LogP contribution >= 0.6 is 0 Å². The third-order valence-corrected chi connectivity index (χ3v) is 6.33. The van der Waals surface area contributed by atoms with Gasteiger partial charge in [0.25, 0.3) is 5.91 Å². The summed E-state index contributed by atoms with van der Waals surface area (Å²) in [5.41, 5.74) is 2.47. The van der Waals surface area contributed by atoms with Crippen LogP contribution in [0.4, 0.5) is 0 Å².